The summed E-state index contributed by atoms with van der Waals surface area (Å²) >= 11 is 0. The minimum Gasteiger partial charge on any atom is -0.428 e. The lowest BCUT2D eigenvalue weighted by molar-refractivity contribution is -0.474. The summed E-state index contributed by atoms with van der Waals surface area (Å²) in [4.78, 5) is 11.7. The van der Waals surface area contributed by atoms with Crippen LogP contribution >= 0.6 is 0 Å². The van der Waals surface area contributed by atoms with Crippen LogP contribution in [0, 0.1) is 30.4 Å². The molecule has 84 valence electrons. The van der Waals surface area contributed by atoms with Crippen molar-refractivity contribution in [3.63, 3.8) is 0 Å². The van der Waals surface area contributed by atoms with Crippen molar-refractivity contribution in [2.24, 2.45) is 0 Å². The molecule has 0 amide bonds. The molecule has 0 bridgehead atoms. The molecule has 0 fully saturated rings. The molecule has 0 saturated carbocycles. The topological polar surface area (TPSA) is 48.1 Å². The zero-order valence-electron chi connectivity index (χ0n) is 8.66. The first kappa shape index (κ1) is 10.5. The van der Waals surface area contributed by atoms with Gasteiger partial charge in [-0.15, -0.1) is 0 Å². The predicted octanol–water partition coefficient (Wildman–Crippen LogP) is 1.69. The van der Waals surface area contributed by atoms with E-state index in [9.17, 15) is 18.9 Å². The van der Waals surface area contributed by atoms with E-state index in [1.165, 1.54) is 13.8 Å². The third-order valence-electron chi connectivity index (χ3n) is 2.61. The summed E-state index contributed by atoms with van der Waals surface area (Å²) in [7, 11) is 0. The van der Waals surface area contributed by atoms with Gasteiger partial charge in [-0.2, -0.15) is 4.73 Å². The highest BCUT2D eigenvalue weighted by molar-refractivity contribution is 5.71. The Bertz CT molecular complexity index is 650. The summed E-state index contributed by atoms with van der Waals surface area (Å²) in [6.45, 7) is 2.99. The predicted molar refractivity (Wildman–Crippen MR) is 51.9 cm³/mol. The molecule has 1 heterocycles. The smallest absolute Gasteiger partial charge is 0.293 e. The van der Waals surface area contributed by atoms with Gasteiger partial charge in [-0.1, -0.05) is 0 Å². The van der Waals surface area contributed by atoms with Crippen molar-refractivity contribution in [3.8, 4) is 0 Å². The fraction of sp³-hybridized carbons (Fsp3) is 0.200. The molecule has 1 aromatic carbocycles. The maximum Gasteiger partial charge on any atom is 0.293 e. The fourth-order valence-electron chi connectivity index (χ4n) is 1.52. The maximum absolute atomic E-state index is 13.0. The van der Waals surface area contributed by atoms with E-state index in [0.717, 1.165) is 12.1 Å². The molecule has 1 aromatic heterocycles. The second kappa shape index (κ2) is 3.26. The Labute approximate surface area is 88.9 Å². The summed E-state index contributed by atoms with van der Waals surface area (Å²) in [5.41, 5.74) is 0.302. The SMILES string of the molecule is Cc1c(C)[n+](=O)c2cc(F)c(F)cc2n1O. The van der Waals surface area contributed by atoms with Crippen LogP contribution in [0.3, 0.4) is 0 Å². The standard InChI is InChI=1S/C10H9F2N2O2/c1-5-6(2)14(16)10-4-8(12)7(11)3-9(10)13(5)15/h3-4,15H,1-2H3/q+1. The van der Waals surface area contributed by atoms with E-state index >= 15 is 0 Å². The normalized spacial score (nSPS) is 11.0. The molecule has 0 unspecified atom stereocenters. The van der Waals surface area contributed by atoms with E-state index < -0.39 is 11.6 Å². The molecule has 2 rings (SSSR count). The number of benzene rings is 1. The summed E-state index contributed by atoms with van der Waals surface area (Å²) in [5.74, 6) is -2.24. The molecule has 1 N–H and O–H groups in total. The van der Waals surface area contributed by atoms with Crippen LogP contribution in [0.25, 0.3) is 11.0 Å². The van der Waals surface area contributed by atoms with E-state index in [-0.39, 0.29) is 22.4 Å². The maximum atomic E-state index is 13.0. The molecule has 16 heavy (non-hydrogen) atoms. The minimum absolute atomic E-state index is 0.0722. The molecule has 0 aliphatic carbocycles. The second-order valence-corrected chi connectivity index (χ2v) is 3.53. The number of aromatic nitrogens is 2. The van der Waals surface area contributed by atoms with Gasteiger partial charge in [0.05, 0.1) is 10.5 Å². The van der Waals surface area contributed by atoms with Crippen LogP contribution in [0.1, 0.15) is 11.4 Å². The van der Waals surface area contributed by atoms with Gasteiger partial charge >= 0.3 is 0 Å². The van der Waals surface area contributed by atoms with Gasteiger partial charge in [0.25, 0.3) is 11.2 Å². The number of nitrogens with zero attached hydrogens (tertiary/aromatic N) is 2. The number of hydrogen-bond donors (Lipinski definition) is 1. The number of rotatable bonds is 0. The van der Waals surface area contributed by atoms with Crippen LogP contribution in [0.15, 0.2) is 12.1 Å². The Morgan fingerprint density at radius 3 is 2.44 bits per heavy atom. The van der Waals surface area contributed by atoms with Gasteiger partial charge in [0, 0.05) is 17.9 Å². The van der Waals surface area contributed by atoms with E-state index in [0.29, 0.717) is 9.16 Å². The zero-order chi connectivity index (χ0) is 12.0. The van der Waals surface area contributed by atoms with Gasteiger partial charge < -0.3 is 5.21 Å². The molecule has 0 spiro atoms. The summed E-state index contributed by atoms with van der Waals surface area (Å²) < 4.78 is 27.1. The largest absolute Gasteiger partial charge is 0.428 e. The highest BCUT2D eigenvalue weighted by Crippen LogP contribution is 2.16. The summed E-state index contributed by atoms with van der Waals surface area (Å²) in [6, 6.07) is 1.54. The zero-order valence-corrected chi connectivity index (χ0v) is 8.66. The van der Waals surface area contributed by atoms with E-state index in [1.54, 1.807) is 0 Å². The molecule has 6 heteroatoms. The average Bonchev–Trinajstić information content (AvgIpc) is 2.26. The Hall–Kier alpha value is -1.98. The van der Waals surface area contributed by atoms with Crippen LogP contribution in [-0.4, -0.2) is 9.94 Å². The minimum atomic E-state index is -1.12. The van der Waals surface area contributed by atoms with Crippen molar-refractivity contribution in [2.45, 2.75) is 13.8 Å². The summed E-state index contributed by atoms with van der Waals surface area (Å²) in [6.07, 6.45) is 0. The first-order valence-corrected chi connectivity index (χ1v) is 4.56. The molecule has 0 atom stereocenters. The Morgan fingerprint density at radius 2 is 1.81 bits per heavy atom. The average molecular weight is 227 g/mol. The molecular formula is C10H9F2N2O2+. The van der Waals surface area contributed by atoms with Crippen LogP contribution in [0.2, 0.25) is 0 Å². The molecule has 2 aromatic rings. The number of fused-ring (bicyclic) bond motifs is 1. The number of hydrogen-bond acceptors (Lipinski definition) is 2. The highest BCUT2D eigenvalue weighted by Gasteiger charge is 2.21. The van der Waals surface area contributed by atoms with Crippen LogP contribution in [-0.2, 0) is 0 Å². The van der Waals surface area contributed by atoms with Crippen LogP contribution in [0.5, 0.6) is 0 Å². The Kier molecular flexibility index (Phi) is 2.15. The van der Waals surface area contributed by atoms with Crippen molar-refractivity contribution in [1.82, 2.24) is 4.73 Å². The lowest BCUT2D eigenvalue weighted by Gasteiger charge is -2.04. The van der Waals surface area contributed by atoms with Crippen molar-refractivity contribution in [3.05, 3.63) is 40.1 Å². The van der Waals surface area contributed by atoms with Crippen molar-refractivity contribution < 1.29 is 18.4 Å². The van der Waals surface area contributed by atoms with Gasteiger partial charge in [-0.05, 0) is 6.92 Å². The van der Waals surface area contributed by atoms with Gasteiger partial charge in [0.2, 0.25) is 0 Å². The van der Waals surface area contributed by atoms with E-state index in [1.807, 2.05) is 0 Å². The first-order chi connectivity index (χ1) is 7.43. The van der Waals surface area contributed by atoms with Crippen molar-refractivity contribution >= 4 is 11.0 Å². The van der Waals surface area contributed by atoms with Gasteiger partial charge in [0.1, 0.15) is 5.69 Å². The molecule has 0 saturated heterocycles. The Balaban J connectivity index is 3.09. The first-order valence-electron chi connectivity index (χ1n) is 4.56. The Morgan fingerprint density at radius 1 is 1.25 bits per heavy atom. The van der Waals surface area contributed by atoms with Gasteiger partial charge in [-0.25, -0.2) is 8.78 Å². The van der Waals surface area contributed by atoms with Crippen LogP contribution in [0.4, 0.5) is 8.78 Å². The molecule has 0 aliphatic rings. The number of halogens is 2. The van der Waals surface area contributed by atoms with Crippen LogP contribution < -0.4 is 4.43 Å². The van der Waals surface area contributed by atoms with Crippen molar-refractivity contribution in [2.75, 3.05) is 0 Å². The molecular weight excluding hydrogens is 218 g/mol. The molecule has 4 nitrogen and oxygen atoms in total. The third-order valence-corrected chi connectivity index (χ3v) is 2.61. The van der Waals surface area contributed by atoms with Crippen molar-refractivity contribution in [1.29, 1.82) is 0 Å². The third kappa shape index (κ3) is 1.26. The van der Waals surface area contributed by atoms with Gasteiger partial charge in [-0.3, -0.25) is 0 Å². The molecule has 0 aliphatic heterocycles. The summed E-state index contributed by atoms with van der Waals surface area (Å²) in [5, 5.41) is 9.65. The molecule has 0 radical (unpaired) electrons. The lowest BCUT2D eigenvalue weighted by Crippen LogP contribution is -2.25. The quantitative estimate of drug-likeness (QED) is 0.550. The van der Waals surface area contributed by atoms with E-state index in [4.69, 9.17) is 0 Å². The van der Waals surface area contributed by atoms with E-state index in [2.05, 4.69) is 0 Å². The second-order valence-electron chi connectivity index (χ2n) is 3.53. The highest BCUT2D eigenvalue weighted by atomic mass is 19.2. The monoisotopic (exact) mass is 227 g/mol. The fourth-order valence-corrected chi connectivity index (χ4v) is 1.52. The van der Waals surface area contributed by atoms with Gasteiger partial charge in [0.15, 0.2) is 17.2 Å². The lowest BCUT2D eigenvalue weighted by atomic mass is 10.2.